The lowest BCUT2D eigenvalue weighted by molar-refractivity contribution is -0.666. The summed E-state index contributed by atoms with van der Waals surface area (Å²) in [6, 6.07) is 13.6. The van der Waals surface area contributed by atoms with Gasteiger partial charge in [0.25, 0.3) is 0 Å². The van der Waals surface area contributed by atoms with Crippen molar-refractivity contribution < 1.29 is 9.14 Å². The molecule has 0 spiro atoms. The molecule has 1 aromatic heterocycles. The summed E-state index contributed by atoms with van der Waals surface area (Å²) in [5.41, 5.74) is 9.73. The Morgan fingerprint density at radius 1 is 0.913 bits per heavy atom. The van der Waals surface area contributed by atoms with Gasteiger partial charge in [0, 0.05) is 36.8 Å². The Morgan fingerprint density at radius 2 is 1.65 bits per heavy atom. The number of fused-ring (bicyclic) bond motifs is 7. The van der Waals surface area contributed by atoms with E-state index in [4.69, 9.17) is 0 Å². The number of nitrogens with zero attached hydrogens (tertiary/aromatic N) is 2. The van der Waals surface area contributed by atoms with E-state index in [-0.39, 0.29) is 0 Å². The molecule has 0 saturated heterocycles. The van der Waals surface area contributed by atoms with Crippen LogP contribution in [0.15, 0.2) is 36.4 Å². The third kappa shape index (κ3) is 1.58. The topological polar surface area (TPSA) is 6.89 Å². The average molecular weight is 299 g/mol. The van der Waals surface area contributed by atoms with Crippen LogP contribution in [0.3, 0.4) is 0 Å². The van der Waals surface area contributed by atoms with E-state index in [0.717, 1.165) is 12.8 Å². The SMILES string of the molecule is Cc1ccc2c([n+]1C)-c1c(ccc3ccc4c(c13)[N+](C)=[C-]C4)C2. The quantitative estimate of drug-likeness (QED) is 0.347. The van der Waals surface area contributed by atoms with Gasteiger partial charge in [-0.05, 0) is 28.8 Å². The van der Waals surface area contributed by atoms with Gasteiger partial charge >= 0.3 is 0 Å². The van der Waals surface area contributed by atoms with Crippen LogP contribution in [-0.4, -0.2) is 17.8 Å². The van der Waals surface area contributed by atoms with E-state index in [9.17, 15) is 0 Å². The molecule has 1 aliphatic carbocycles. The molecule has 0 radical (unpaired) electrons. The molecule has 2 heteroatoms. The van der Waals surface area contributed by atoms with Gasteiger partial charge in [-0.1, -0.05) is 29.8 Å². The van der Waals surface area contributed by atoms with Crippen molar-refractivity contribution in [3.05, 3.63) is 58.8 Å². The molecule has 3 aromatic rings. The molecule has 2 nitrogen and oxygen atoms in total. The molecular formula is C21H19N2+. The maximum absolute atomic E-state index is 3.44. The Kier molecular flexibility index (Phi) is 2.42. The molecule has 0 fully saturated rings. The van der Waals surface area contributed by atoms with E-state index in [1.165, 1.54) is 50.1 Å². The van der Waals surface area contributed by atoms with Gasteiger partial charge in [0.15, 0.2) is 5.69 Å². The van der Waals surface area contributed by atoms with Crippen LogP contribution in [0.1, 0.15) is 22.4 Å². The molecule has 2 aliphatic rings. The van der Waals surface area contributed by atoms with E-state index in [2.05, 4.69) is 72.8 Å². The molecule has 1 aliphatic heterocycles. The van der Waals surface area contributed by atoms with Crippen LogP contribution in [-0.2, 0) is 19.9 Å². The van der Waals surface area contributed by atoms with Crippen molar-refractivity contribution in [2.45, 2.75) is 19.8 Å². The van der Waals surface area contributed by atoms with Crippen molar-refractivity contribution in [2.24, 2.45) is 7.05 Å². The number of aromatic nitrogens is 1. The zero-order valence-electron chi connectivity index (χ0n) is 13.8. The highest BCUT2D eigenvalue weighted by atomic mass is 15.0. The fraction of sp³-hybridized carbons (Fsp3) is 0.238. The summed E-state index contributed by atoms with van der Waals surface area (Å²) in [7, 11) is 4.31. The van der Waals surface area contributed by atoms with Crippen molar-refractivity contribution in [2.75, 3.05) is 7.05 Å². The summed E-state index contributed by atoms with van der Waals surface area (Å²) in [5, 5.41) is 2.72. The van der Waals surface area contributed by atoms with E-state index >= 15 is 0 Å². The second-order valence-electron chi connectivity index (χ2n) is 6.75. The zero-order chi connectivity index (χ0) is 15.7. The highest BCUT2D eigenvalue weighted by molar-refractivity contribution is 6.06. The first-order valence-corrected chi connectivity index (χ1v) is 8.19. The highest BCUT2D eigenvalue weighted by Crippen LogP contribution is 2.44. The van der Waals surface area contributed by atoms with Gasteiger partial charge in [0.1, 0.15) is 14.1 Å². The Labute approximate surface area is 136 Å². The van der Waals surface area contributed by atoms with Crippen LogP contribution in [0.5, 0.6) is 0 Å². The van der Waals surface area contributed by atoms with Gasteiger partial charge < -0.3 is 4.58 Å². The zero-order valence-corrected chi connectivity index (χ0v) is 13.8. The summed E-state index contributed by atoms with van der Waals surface area (Å²) in [6.07, 6.45) is 5.40. The fourth-order valence-corrected chi connectivity index (χ4v) is 4.19. The lowest BCUT2D eigenvalue weighted by Crippen LogP contribution is -2.34. The van der Waals surface area contributed by atoms with Gasteiger partial charge in [0.05, 0.1) is 5.69 Å². The average Bonchev–Trinajstić information content (AvgIpc) is 3.12. The number of hydrogen-bond acceptors (Lipinski definition) is 0. The summed E-state index contributed by atoms with van der Waals surface area (Å²) < 4.78 is 4.54. The van der Waals surface area contributed by atoms with Crippen LogP contribution in [0, 0.1) is 6.92 Å². The van der Waals surface area contributed by atoms with Crippen molar-refractivity contribution in [1.29, 1.82) is 0 Å². The summed E-state index contributed by atoms with van der Waals surface area (Å²) >= 11 is 0. The lowest BCUT2D eigenvalue weighted by Gasteiger charge is -2.14. The number of rotatable bonds is 0. The summed E-state index contributed by atoms with van der Waals surface area (Å²) in [5.74, 6) is 0. The minimum absolute atomic E-state index is 0.915. The molecule has 0 amide bonds. The van der Waals surface area contributed by atoms with Gasteiger partial charge in [-0.2, -0.15) is 4.57 Å². The van der Waals surface area contributed by atoms with Crippen LogP contribution < -0.4 is 4.57 Å². The molecule has 2 heterocycles. The second kappa shape index (κ2) is 4.29. The highest BCUT2D eigenvalue weighted by Gasteiger charge is 2.30. The predicted molar refractivity (Wildman–Crippen MR) is 92.7 cm³/mol. The number of aryl methyl sites for hydroxylation is 1. The first kappa shape index (κ1) is 13.0. The molecule has 0 bridgehead atoms. The van der Waals surface area contributed by atoms with E-state index in [1.807, 2.05) is 0 Å². The third-order valence-electron chi connectivity index (χ3n) is 5.48. The predicted octanol–water partition coefficient (Wildman–Crippen LogP) is 3.32. The smallest absolute Gasteiger partial charge is 0.215 e. The van der Waals surface area contributed by atoms with Crippen LogP contribution in [0.25, 0.3) is 22.0 Å². The van der Waals surface area contributed by atoms with Crippen molar-refractivity contribution in [3.8, 4) is 11.3 Å². The van der Waals surface area contributed by atoms with Crippen LogP contribution in [0.2, 0.25) is 0 Å². The molecular weight excluding hydrogens is 280 g/mol. The maximum Gasteiger partial charge on any atom is 0.215 e. The van der Waals surface area contributed by atoms with Crippen molar-refractivity contribution in [1.82, 2.24) is 0 Å². The van der Waals surface area contributed by atoms with E-state index in [0.29, 0.717) is 0 Å². The van der Waals surface area contributed by atoms with Crippen molar-refractivity contribution in [3.63, 3.8) is 0 Å². The standard InChI is InChI=1S/C21H19N2/c1-13-4-5-17-12-16-9-7-14-6-8-15-10-11-22(2)20(15)18(14)19(16)21(17)23(13)3/h4-9H,10,12H2,1-3H3/q+1. The lowest BCUT2D eigenvalue weighted by atomic mass is 9.96. The van der Waals surface area contributed by atoms with Gasteiger partial charge in [-0.15, -0.1) is 0 Å². The Morgan fingerprint density at radius 3 is 2.48 bits per heavy atom. The molecule has 23 heavy (non-hydrogen) atoms. The summed E-state index contributed by atoms with van der Waals surface area (Å²) in [6.45, 7) is 2.18. The monoisotopic (exact) mass is 299 g/mol. The second-order valence-corrected chi connectivity index (χ2v) is 6.75. The number of pyridine rings is 1. The van der Waals surface area contributed by atoms with Gasteiger partial charge in [-0.3, -0.25) is 0 Å². The molecule has 112 valence electrons. The van der Waals surface area contributed by atoms with E-state index < -0.39 is 0 Å². The molecule has 0 saturated carbocycles. The molecule has 0 unspecified atom stereocenters. The third-order valence-corrected chi connectivity index (χ3v) is 5.48. The molecule has 5 rings (SSSR count). The maximum atomic E-state index is 3.44. The van der Waals surface area contributed by atoms with E-state index in [1.54, 1.807) is 0 Å². The molecule has 2 aromatic carbocycles. The first-order chi connectivity index (χ1) is 11.1. The largest absolute Gasteiger partial charge is 0.366 e. The minimum atomic E-state index is 0.915. The van der Waals surface area contributed by atoms with Crippen LogP contribution >= 0.6 is 0 Å². The Balaban J connectivity index is 1.99. The first-order valence-electron chi connectivity index (χ1n) is 8.19. The normalized spacial score (nSPS) is 14.7. The molecule has 0 N–H and O–H groups in total. The minimum Gasteiger partial charge on any atom is -0.366 e. The van der Waals surface area contributed by atoms with Crippen LogP contribution in [0.4, 0.5) is 5.69 Å². The molecule has 0 atom stereocenters. The number of hydrogen-bond donors (Lipinski definition) is 0. The Hall–Kier alpha value is -2.48. The van der Waals surface area contributed by atoms with Gasteiger partial charge in [-0.25, -0.2) is 0 Å². The van der Waals surface area contributed by atoms with Gasteiger partial charge in [0.2, 0.25) is 5.69 Å². The van der Waals surface area contributed by atoms with Crippen molar-refractivity contribution >= 4 is 22.7 Å². The fourth-order valence-electron chi connectivity index (χ4n) is 4.19. The summed E-state index contributed by atoms with van der Waals surface area (Å²) in [4.78, 5) is 0. The Bertz CT molecular complexity index is 1040. The number of benzene rings is 2.